The van der Waals surface area contributed by atoms with Gasteiger partial charge in [-0.25, -0.2) is 5.06 Å². The third-order valence-corrected chi connectivity index (χ3v) is 10.9. The molecular formula is C29H46F3NO3. The van der Waals surface area contributed by atoms with Gasteiger partial charge < -0.3 is 5.11 Å². The van der Waals surface area contributed by atoms with Gasteiger partial charge >= 0.3 is 6.18 Å². The van der Waals surface area contributed by atoms with E-state index >= 15 is 0 Å². The molecule has 3 saturated carbocycles. The fourth-order valence-electron chi connectivity index (χ4n) is 8.87. The first kappa shape index (κ1) is 27.9. The second-order valence-electron chi connectivity index (χ2n) is 12.8. The maximum Gasteiger partial charge on any atom is 0.389 e. The van der Waals surface area contributed by atoms with E-state index in [2.05, 4.69) is 26.8 Å². The minimum Gasteiger partial charge on any atom is -0.393 e. The summed E-state index contributed by atoms with van der Waals surface area (Å²) in [6.45, 7) is 7.15. The minimum absolute atomic E-state index is 0.101. The lowest BCUT2D eigenvalue weighted by Crippen LogP contribution is -2.50. The summed E-state index contributed by atoms with van der Waals surface area (Å²) < 4.78 is 36.9. The SMILES string of the molecule is CC(CCC(=O)N(C)OCCCC(F)(F)F)[C@H]1CC[C@H]2[C@@H]3CC=C4C[C@@H](O)CC[C@]4(C)[C@H]3CC[C@]12C. The van der Waals surface area contributed by atoms with Crippen LogP contribution in [0.3, 0.4) is 0 Å². The van der Waals surface area contributed by atoms with E-state index in [-0.39, 0.29) is 30.5 Å². The quantitative estimate of drug-likeness (QED) is 0.214. The van der Waals surface area contributed by atoms with E-state index in [0.29, 0.717) is 23.7 Å². The number of hydroxylamine groups is 2. The van der Waals surface area contributed by atoms with Gasteiger partial charge in [-0.3, -0.25) is 9.63 Å². The number of hydrogen-bond donors (Lipinski definition) is 1. The number of hydrogen-bond acceptors (Lipinski definition) is 3. The van der Waals surface area contributed by atoms with Crippen LogP contribution in [0.2, 0.25) is 0 Å². The van der Waals surface area contributed by atoms with E-state index < -0.39 is 12.6 Å². The van der Waals surface area contributed by atoms with Crippen molar-refractivity contribution in [3.8, 4) is 0 Å². The number of carbonyl (C=O) groups is 1. The summed E-state index contributed by atoms with van der Waals surface area (Å²) >= 11 is 0. The monoisotopic (exact) mass is 513 g/mol. The Morgan fingerprint density at radius 2 is 1.94 bits per heavy atom. The Morgan fingerprint density at radius 3 is 2.67 bits per heavy atom. The van der Waals surface area contributed by atoms with Crippen LogP contribution in [0.1, 0.15) is 97.8 Å². The smallest absolute Gasteiger partial charge is 0.389 e. The third-order valence-electron chi connectivity index (χ3n) is 10.9. The van der Waals surface area contributed by atoms with Crippen molar-refractivity contribution in [1.29, 1.82) is 0 Å². The van der Waals surface area contributed by atoms with Crippen LogP contribution in [0.5, 0.6) is 0 Å². The summed E-state index contributed by atoms with van der Waals surface area (Å²) in [7, 11) is 1.50. The van der Waals surface area contributed by atoms with Crippen molar-refractivity contribution in [2.75, 3.05) is 13.7 Å². The second-order valence-corrected chi connectivity index (χ2v) is 12.8. The van der Waals surface area contributed by atoms with Gasteiger partial charge in [0, 0.05) is 19.9 Å². The number of nitrogens with zero attached hydrogens (tertiary/aromatic N) is 1. The summed E-state index contributed by atoms with van der Waals surface area (Å²) in [6.07, 6.45) is 7.28. The molecule has 1 N–H and O–H groups in total. The van der Waals surface area contributed by atoms with E-state index in [1.807, 2.05) is 0 Å². The lowest BCUT2D eigenvalue weighted by atomic mass is 9.47. The fourth-order valence-corrected chi connectivity index (χ4v) is 8.87. The predicted octanol–water partition coefficient (Wildman–Crippen LogP) is 7.08. The highest BCUT2D eigenvalue weighted by molar-refractivity contribution is 5.74. The van der Waals surface area contributed by atoms with Crippen molar-refractivity contribution in [2.45, 2.75) is 110 Å². The van der Waals surface area contributed by atoms with Crippen LogP contribution >= 0.6 is 0 Å². The molecule has 206 valence electrons. The molecule has 3 fully saturated rings. The molecule has 1 amide bonds. The molecule has 4 aliphatic carbocycles. The topological polar surface area (TPSA) is 49.8 Å². The molecule has 36 heavy (non-hydrogen) atoms. The van der Waals surface area contributed by atoms with Gasteiger partial charge in [0.15, 0.2) is 0 Å². The maximum atomic E-state index is 12.6. The lowest BCUT2D eigenvalue weighted by Gasteiger charge is -2.58. The van der Waals surface area contributed by atoms with Crippen molar-refractivity contribution < 1.29 is 27.9 Å². The molecule has 0 radical (unpaired) electrons. The van der Waals surface area contributed by atoms with Gasteiger partial charge in [0.05, 0.1) is 12.7 Å². The zero-order valence-corrected chi connectivity index (χ0v) is 22.6. The molecule has 0 bridgehead atoms. The molecule has 0 aromatic rings. The zero-order valence-electron chi connectivity index (χ0n) is 22.6. The number of carbonyl (C=O) groups excluding carboxylic acids is 1. The van der Waals surface area contributed by atoms with Gasteiger partial charge in [0.2, 0.25) is 5.91 Å². The number of rotatable bonds is 8. The average molecular weight is 514 g/mol. The number of halogens is 3. The number of aliphatic hydroxyl groups excluding tert-OH is 1. The van der Waals surface area contributed by atoms with Gasteiger partial charge in [0.1, 0.15) is 0 Å². The van der Waals surface area contributed by atoms with Gasteiger partial charge in [0.25, 0.3) is 0 Å². The Kier molecular flexibility index (Phi) is 8.22. The number of alkyl halides is 3. The van der Waals surface area contributed by atoms with Crippen molar-refractivity contribution in [2.24, 2.45) is 40.4 Å². The van der Waals surface area contributed by atoms with Crippen molar-refractivity contribution in [1.82, 2.24) is 5.06 Å². The normalized spacial score (nSPS) is 39.0. The molecule has 0 aromatic carbocycles. The summed E-state index contributed by atoms with van der Waals surface area (Å²) in [6, 6.07) is 0. The van der Waals surface area contributed by atoms with Gasteiger partial charge in [-0.2, -0.15) is 13.2 Å². The van der Waals surface area contributed by atoms with Gasteiger partial charge in [-0.15, -0.1) is 0 Å². The standard InChI is InChI=1S/C29H46F3NO3/c1-19(6-11-26(35)33(4)36-17-5-14-29(30,31)32)23-9-10-24-22-8-7-20-18-21(34)12-15-27(20,2)25(22)13-16-28(23,24)3/h7,19,21-25,34H,5-6,8-18H2,1-4H3/t19?,21-,22-,23+,24-,25-,27-,28+/m0/s1. The molecule has 0 saturated heterocycles. The average Bonchev–Trinajstić information content (AvgIpc) is 3.17. The number of fused-ring (bicyclic) bond motifs is 5. The first-order valence-electron chi connectivity index (χ1n) is 14.2. The van der Waals surface area contributed by atoms with E-state index in [0.717, 1.165) is 54.9 Å². The maximum absolute atomic E-state index is 12.6. The number of aliphatic hydroxyl groups is 1. The Balaban J connectivity index is 1.31. The van der Waals surface area contributed by atoms with Crippen LogP contribution in [-0.4, -0.2) is 42.0 Å². The van der Waals surface area contributed by atoms with Crippen LogP contribution in [0.25, 0.3) is 0 Å². The van der Waals surface area contributed by atoms with E-state index in [9.17, 15) is 23.1 Å². The predicted molar refractivity (Wildman–Crippen MR) is 134 cm³/mol. The lowest BCUT2D eigenvalue weighted by molar-refractivity contribution is -0.183. The third kappa shape index (κ3) is 5.52. The van der Waals surface area contributed by atoms with E-state index in [1.54, 1.807) is 0 Å². The highest BCUT2D eigenvalue weighted by Gasteiger charge is 2.59. The van der Waals surface area contributed by atoms with Crippen molar-refractivity contribution in [3.05, 3.63) is 11.6 Å². The van der Waals surface area contributed by atoms with Crippen LogP contribution < -0.4 is 0 Å². The summed E-state index contributed by atoms with van der Waals surface area (Å²) in [5.41, 5.74) is 2.07. The van der Waals surface area contributed by atoms with Gasteiger partial charge in [-0.1, -0.05) is 32.4 Å². The van der Waals surface area contributed by atoms with Crippen LogP contribution in [0.4, 0.5) is 13.2 Å². The molecule has 0 aromatic heterocycles. The first-order valence-corrected chi connectivity index (χ1v) is 14.2. The molecular weight excluding hydrogens is 467 g/mol. The van der Waals surface area contributed by atoms with E-state index in [4.69, 9.17) is 4.84 Å². The van der Waals surface area contributed by atoms with Crippen LogP contribution in [0, 0.1) is 40.4 Å². The van der Waals surface area contributed by atoms with Crippen molar-refractivity contribution in [3.63, 3.8) is 0 Å². The second kappa shape index (κ2) is 10.6. The molecule has 1 unspecified atom stereocenters. The number of allylic oxidation sites excluding steroid dienone is 1. The zero-order chi connectivity index (χ0) is 26.3. The van der Waals surface area contributed by atoms with Gasteiger partial charge in [-0.05, 0) is 105 Å². The summed E-state index contributed by atoms with van der Waals surface area (Å²) in [5, 5.41) is 11.4. The first-order chi connectivity index (χ1) is 16.8. The molecule has 4 nitrogen and oxygen atoms in total. The Bertz CT molecular complexity index is 829. The largest absolute Gasteiger partial charge is 0.393 e. The molecule has 0 aliphatic heterocycles. The highest BCUT2D eigenvalue weighted by Crippen LogP contribution is 2.67. The molecule has 0 heterocycles. The molecule has 0 spiro atoms. The summed E-state index contributed by atoms with van der Waals surface area (Å²) in [5.74, 6) is 3.04. The summed E-state index contributed by atoms with van der Waals surface area (Å²) in [4.78, 5) is 17.8. The van der Waals surface area contributed by atoms with E-state index in [1.165, 1.54) is 38.3 Å². The highest BCUT2D eigenvalue weighted by atomic mass is 19.4. The Morgan fingerprint density at radius 1 is 1.19 bits per heavy atom. The van der Waals surface area contributed by atoms with Crippen LogP contribution in [0.15, 0.2) is 11.6 Å². The Hall–Kier alpha value is -1.08. The fraction of sp³-hybridized carbons (Fsp3) is 0.897. The van der Waals surface area contributed by atoms with Crippen LogP contribution in [-0.2, 0) is 9.63 Å². The number of amides is 1. The molecule has 7 heteroatoms. The minimum atomic E-state index is -4.19. The molecule has 4 aliphatic rings. The van der Waals surface area contributed by atoms with Crippen molar-refractivity contribution >= 4 is 5.91 Å². The Labute approximate surface area is 215 Å². The molecule has 4 rings (SSSR count). The molecule has 8 atom stereocenters.